The first kappa shape index (κ1) is 13.8. The Kier molecular flexibility index (Phi) is 7.59. The van der Waals surface area contributed by atoms with Gasteiger partial charge in [-0.2, -0.15) is 0 Å². The molecular formula is C14H25OP. The fraction of sp³-hybridized carbons (Fsp3) is 0.714. The van der Waals surface area contributed by atoms with Crippen LogP contribution in [0.15, 0.2) is 16.7 Å². The summed E-state index contributed by atoms with van der Waals surface area (Å²) in [6.07, 6.45) is 14.0. The molecule has 0 spiro atoms. The summed E-state index contributed by atoms with van der Waals surface area (Å²) >= 11 is 0. The van der Waals surface area contributed by atoms with E-state index in [-0.39, 0.29) is 0 Å². The highest BCUT2D eigenvalue weighted by Crippen LogP contribution is 2.11. The van der Waals surface area contributed by atoms with Crippen molar-refractivity contribution >= 4 is 14.7 Å². The highest BCUT2D eigenvalue weighted by molar-refractivity contribution is 7.26. The van der Waals surface area contributed by atoms with E-state index in [0.29, 0.717) is 0 Å². The van der Waals surface area contributed by atoms with Gasteiger partial charge in [-0.05, 0) is 24.5 Å². The predicted octanol–water partition coefficient (Wildman–Crippen LogP) is 4.46. The third-order valence-electron chi connectivity index (χ3n) is 3.08. The van der Waals surface area contributed by atoms with Gasteiger partial charge in [0.05, 0.1) is 6.26 Å². The summed E-state index contributed by atoms with van der Waals surface area (Å²) in [5.41, 5.74) is 2.37. The van der Waals surface area contributed by atoms with Crippen molar-refractivity contribution in [2.45, 2.75) is 64.7 Å². The van der Waals surface area contributed by atoms with Crippen molar-refractivity contribution in [2.24, 2.45) is 0 Å². The van der Waals surface area contributed by atoms with E-state index in [1.54, 1.807) is 6.26 Å². The van der Waals surface area contributed by atoms with Crippen LogP contribution >= 0.6 is 9.24 Å². The molecule has 0 bridgehead atoms. The van der Waals surface area contributed by atoms with Gasteiger partial charge in [-0.15, -0.1) is 0 Å². The molecular weight excluding hydrogens is 215 g/mol. The minimum absolute atomic E-state index is 1.02. The summed E-state index contributed by atoms with van der Waals surface area (Å²) in [5.74, 6) is 0. The fourth-order valence-electron chi connectivity index (χ4n) is 2.00. The molecule has 0 aliphatic rings. The molecule has 1 heterocycles. The van der Waals surface area contributed by atoms with Crippen LogP contribution in [0.1, 0.15) is 63.9 Å². The van der Waals surface area contributed by atoms with Gasteiger partial charge in [0.25, 0.3) is 0 Å². The lowest BCUT2D eigenvalue weighted by molar-refractivity contribution is 0.573. The van der Waals surface area contributed by atoms with Gasteiger partial charge in [0, 0.05) is 0 Å². The molecule has 0 radical (unpaired) electrons. The first-order valence-electron chi connectivity index (χ1n) is 6.66. The lowest BCUT2D eigenvalue weighted by Gasteiger charge is -2.01. The Morgan fingerprint density at radius 2 is 1.62 bits per heavy atom. The molecule has 92 valence electrons. The first-order valence-corrected chi connectivity index (χ1v) is 7.24. The van der Waals surface area contributed by atoms with E-state index < -0.39 is 0 Å². The maximum absolute atomic E-state index is 5.25. The van der Waals surface area contributed by atoms with Crippen molar-refractivity contribution in [3.8, 4) is 0 Å². The molecule has 0 aliphatic heterocycles. The third-order valence-corrected chi connectivity index (χ3v) is 3.59. The standard InChI is InChI=1S/C14H25OP/c1-2-3-4-5-6-7-8-9-10-13-11-12-15-14(13)16/h11-12H,2-10,16H2,1H3. The van der Waals surface area contributed by atoms with Gasteiger partial charge < -0.3 is 4.42 Å². The van der Waals surface area contributed by atoms with Crippen LogP contribution in [0.4, 0.5) is 0 Å². The van der Waals surface area contributed by atoms with Crippen LogP contribution in [0.3, 0.4) is 0 Å². The van der Waals surface area contributed by atoms with Crippen LogP contribution in [0.5, 0.6) is 0 Å². The van der Waals surface area contributed by atoms with E-state index in [2.05, 4.69) is 22.2 Å². The second kappa shape index (κ2) is 8.82. The van der Waals surface area contributed by atoms with Crippen molar-refractivity contribution < 1.29 is 4.42 Å². The fourth-order valence-corrected chi connectivity index (χ4v) is 2.32. The average molecular weight is 240 g/mol. The number of rotatable bonds is 9. The van der Waals surface area contributed by atoms with E-state index in [9.17, 15) is 0 Å². The van der Waals surface area contributed by atoms with E-state index in [0.717, 1.165) is 5.50 Å². The van der Waals surface area contributed by atoms with Crippen LogP contribution < -0.4 is 5.50 Å². The normalized spacial score (nSPS) is 10.9. The van der Waals surface area contributed by atoms with E-state index in [4.69, 9.17) is 4.42 Å². The lowest BCUT2D eigenvalue weighted by Crippen LogP contribution is -1.95. The molecule has 1 nitrogen and oxygen atoms in total. The maximum atomic E-state index is 5.25. The molecule has 0 saturated heterocycles. The summed E-state index contributed by atoms with van der Waals surface area (Å²) in [7, 11) is 2.66. The smallest absolute Gasteiger partial charge is 0.122 e. The highest BCUT2D eigenvalue weighted by atomic mass is 31.0. The molecule has 0 saturated carbocycles. The minimum atomic E-state index is 1.02. The first-order chi connectivity index (χ1) is 7.84. The number of unbranched alkanes of at least 4 members (excludes halogenated alkanes) is 7. The molecule has 1 unspecified atom stereocenters. The second-order valence-electron chi connectivity index (χ2n) is 4.53. The summed E-state index contributed by atoms with van der Waals surface area (Å²) in [4.78, 5) is 0. The molecule has 1 rings (SSSR count). The van der Waals surface area contributed by atoms with Crippen LogP contribution in [-0.2, 0) is 6.42 Å². The zero-order chi connectivity index (χ0) is 11.6. The zero-order valence-corrected chi connectivity index (χ0v) is 11.7. The van der Waals surface area contributed by atoms with Crippen molar-refractivity contribution in [3.05, 3.63) is 17.9 Å². The minimum Gasteiger partial charge on any atom is -0.465 e. The number of hydrogen-bond acceptors (Lipinski definition) is 1. The molecule has 0 N–H and O–H groups in total. The van der Waals surface area contributed by atoms with Gasteiger partial charge in [0.2, 0.25) is 0 Å². The van der Waals surface area contributed by atoms with Crippen LogP contribution in [-0.4, -0.2) is 0 Å². The van der Waals surface area contributed by atoms with Crippen molar-refractivity contribution in [1.29, 1.82) is 0 Å². The molecule has 16 heavy (non-hydrogen) atoms. The van der Waals surface area contributed by atoms with Crippen LogP contribution in [0.2, 0.25) is 0 Å². The summed E-state index contributed by atoms with van der Waals surface area (Å²) in [6.45, 7) is 2.27. The summed E-state index contributed by atoms with van der Waals surface area (Å²) in [6, 6.07) is 2.09. The molecule has 2 heteroatoms. The third kappa shape index (κ3) is 5.70. The quantitative estimate of drug-likeness (QED) is 0.458. The average Bonchev–Trinajstić information content (AvgIpc) is 2.68. The van der Waals surface area contributed by atoms with Crippen molar-refractivity contribution in [2.75, 3.05) is 0 Å². The molecule has 1 aromatic heterocycles. The van der Waals surface area contributed by atoms with Crippen LogP contribution in [0, 0.1) is 0 Å². The van der Waals surface area contributed by atoms with Gasteiger partial charge in [0.15, 0.2) is 0 Å². The summed E-state index contributed by atoms with van der Waals surface area (Å²) < 4.78 is 5.25. The van der Waals surface area contributed by atoms with Gasteiger partial charge >= 0.3 is 0 Å². The number of aryl methyl sites for hydroxylation is 1. The Labute approximate surface area is 102 Å². The Bertz CT molecular complexity index is 267. The topological polar surface area (TPSA) is 13.1 Å². The van der Waals surface area contributed by atoms with Crippen LogP contribution in [0.25, 0.3) is 0 Å². The van der Waals surface area contributed by atoms with Crippen molar-refractivity contribution in [3.63, 3.8) is 0 Å². The van der Waals surface area contributed by atoms with E-state index in [1.807, 2.05) is 0 Å². The molecule has 0 aromatic carbocycles. The largest absolute Gasteiger partial charge is 0.465 e. The molecule has 0 fully saturated rings. The Hall–Kier alpha value is -0.290. The van der Waals surface area contributed by atoms with Gasteiger partial charge in [-0.1, -0.05) is 61.1 Å². The number of furan rings is 1. The lowest BCUT2D eigenvalue weighted by atomic mass is 10.1. The molecule has 1 atom stereocenters. The second-order valence-corrected chi connectivity index (χ2v) is 5.06. The van der Waals surface area contributed by atoms with Gasteiger partial charge in [0.1, 0.15) is 5.50 Å². The Balaban J connectivity index is 1.91. The number of hydrogen-bond donors (Lipinski definition) is 0. The van der Waals surface area contributed by atoms with Gasteiger partial charge in [-0.25, -0.2) is 0 Å². The highest BCUT2D eigenvalue weighted by Gasteiger charge is 2.00. The predicted molar refractivity (Wildman–Crippen MR) is 74.4 cm³/mol. The SMILES string of the molecule is CCCCCCCCCCc1ccoc1P. The molecule has 1 aromatic rings. The zero-order valence-electron chi connectivity index (χ0n) is 10.5. The monoisotopic (exact) mass is 240 g/mol. The molecule has 0 aliphatic carbocycles. The Morgan fingerprint density at radius 1 is 1.00 bits per heavy atom. The summed E-state index contributed by atoms with van der Waals surface area (Å²) in [5, 5.41) is 0. The van der Waals surface area contributed by atoms with Crippen molar-refractivity contribution in [1.82, 2.24) is 0 Å². The molecule has 0 amide bonds. The van der Waals surface area contributed by atoms with Gasteiger partial charge in [-0.3, -0.25) is 0 Å². The maximum Gasteiger partial charge on any atom is 0.122 e. The Morgan fingerprint density at radius 3 is 2.19 bits per heavy atom. The van der Waals surface area contributed by atoms with E-state index in [1.165, 1.54) is 63.4 Å². The van der Waals surface area contributed by atoms with E-state index >= 15 is 0 Å².